The van der Waals surface area contributed by atoms with Crippen LogP contribution in [-0.2, 0) is 6.54 Å². The first-order chi connectivity index (χ1) is 8.81. The molecular weight excluding hydrogens is 288 g/mol. The van der Waals surface area contributed by atoms with E-state index in [1.165, 1.54) is 54.5 Å². The fraction of sp³-hybridized carbons (Fsp3) is 0.600. The first-order valence-electron chi connectivity index (χ1n) is 7.05. The molecule has 0 aliphatic carbocycles. The van der Waals surface area contributed by atoms with Gasteiger partial charge in [-0.15, -0.1) is 0 Å². The van der Waals surface area contributed by atoms with E-state index in [-0.39, 0.29) is 0 Å². The topological polar surface area (TPSA) is 15.3 Å². The van der Waals surface area contributed by atoms with Gasteiger partial charge < -0.3 is 10.2 Å². The van der Waals surface area contributed by atoms with Crippen LogP contribution < -0.4 is 10.2 Å². The molecule has 0 aromatic heterocycles. The molecule has 100 valence electrons. The van der Waals surface area contributed by atoms with Crippen molar-refractivity contribution < 1.29 is 0 Å². The van der Waals surface area contributed by atoms with Crippen LogP contribution in [-0.4, -0.2) is 19.6 Å². The van der Waals surface area contributed by atoms with Crippen LogP contribution in [0.4, 0.5) is 5.69 Å². The third kappa shape index (κ3) is 3.72. The Kier molecular flexibility index (Phi) is 5.51. The van der Waals surface area contributed by atoms with Crippen molar-refractivity contribution in [2.24, 2.45) is 0 Å². The summed E-state index contributed by atoms with van der Waals surface area (Å²) in [7, 11) is 0. The quantitative estimate of drug-likeness (QED) is 0.906. The Labute approximate surface area is 119 Å². The van der Waals surface area contributed by atoms with E-state index in [2.05, 4.69) is 51.3 Å². The van der Waals surface area contributed by atoms with Gasteiger partial charge in [0.05, 0.1) is 0 Å². The van der Waals surface area contributed by atoms with Crippen LogP contribution in [0.2, 0.25) is 0 Å². The monoisotopic (exact) mass is 310 g/mol. The normalized spacial score (nSPS) is 16.7. The van der Waals surface area contributed by atoms with Crippen molar-refractivity contribution in [2.45, 2.75) is 39.2 Å². The van der Waals surface area contributed by atoms with Gasteiger partial charge in [-0.25, -0.2) is 0 Å². The maximum Gasteiger partial charge on any atom is 0.0412 e. The molecule has 0 saturated carbocycles. The van der Waals surface area contributed by atoms with E-state index in [4.69, 9.17) is 0 Å². The van der Waals surface area contributed by atoms with E-state index in [1.807, 2.05) is 0 Å². The van der Waals surface area contributed by atoms with Crippen LogP contribution in [0.5, 0.6) is 0 Å². The van der Waals surface area contributed by atoms with Gasteiger partial charge >= 0.3 is 0 Å². The van der Waals surface area contributed by atoms with Crippen LogP contribution in [0.1, 0.15) is 38.2 Å². The van der Waals surface area contributed by atoms with E-state index in [9.17, 15) is 0 Å². The molecule has 18 heavy (non-hydrogen) atoms. The lowest BCUT2D eigenvalue weighted by Crippen LogP contribution is -2.26. The van der Waals surface area contributed by atoms with Gasteiger partial charge in [-0.1, -0.05) is 35.7 Å². The van der Waals surface area contributed by atoms with Crippen molar-refractivity contribution in [3.63, 3.8) is 0 Å². The van der Waals surface area contributed by atoms with Gasteiger partial charge in [-0.05, 0) is 43.1 Å². The standard InChI is InChI=1S/C15H23BrN2/c1-2-17-12-13-11-14(16)7-8-15(13)18-9-5-3-4-6-10-18/h7-8,11,17H,2-6,9-10,12H2,1H3. The second-order valence-corrected chi connectivity index (χ2v) is 5.87. The minimum Gasteiger partial charge on any atom is -0.371 e. The summed E-state index contributed by atoms with van der Waals surface area (Å²) >= 11 is 3.58. The molecule has 0 unspecified atom stereocenters. The molecule has 3 heteroatoms. The third-order valence-electron chi connectivity index (χ3n) is 3.55. The summed E-state index contributed by atoms with van der Waals surface area (Å²) in [5.41, 5.74) is 2.83. The maximum absolute atomic E-state index is 3.58. The van der Waals surface area contributed by atoms with Crippen molar-refractivity contribution in [3.8, 4) is 0 Å². The molecule has 1 aliphatic heterocycles. The number of hydrogen-bond donors (Lipinski definition) is 1. The second kappa shape index (κ2) is 7.15. The Bertz CT molecular complexity index is 371. The average Bonchev–Trinajstić information content (AvgIpc) is 2.65. The van der Waals surface area contributed by atoms with E-state index in [1.54, 1.807) is 0 Å². The SMILES string of the molecule is CCNCc1cc(Br)ccc1N1CCCCCC1. The minimum atomic E-state index is 0.960. The van der Waals surface area contributed by atoms with E-state index >= 15 is 0 Å². The lowest BCUT2D eigenvalue weighted by atomic mass is 10.1. The molecule has 1 aliphatic rings. The number of halogens is 1. The zero-order valence-corrected chi connectivity index (χ0v) is 12.8. The number of rotatable bonds is 4. The van der Waals surface area contributed by atoms with Gasteiger partial charge in [0, 0.05) is 29.8 Å². The number of nitrogens with one attached hydrogen (secondary N) is 1. The molecule has 1 aromatic carbocycles. The Hall–Kier alpha value is -0.540. The fourth-order valence-electron chi connectivity index (χ4n) is 2.58. The van der Waals surface area contributed by atoms with Crippen LogP contribution in [0, 0.1) is 0 Å². The minimum absolute atomic E-state index is 0.960. The van der Waals surface area contributed by atoms with E-state index < -0.39 is 0 Å². The molecule has 2 nitrogen and oxygen atoms in total. The lowest BCUT2D eigenvalue weighted by molar-refractivity contribution is 0.716. The summed E-state index contributed by atoms with van der Waals surface area (Å²) in [6.45, 7) is 6.55. The Morgan fingerprint density at radius 2 is 1.89 bits per heavy atom. The molecule has 0 radical (unpaired) electrons. The first kappa shape index (κ1) is 13.9. The van der Waals surface area contributed by atoms with Crippen molar-refractivity contribution in [1.29, 1.82) is 0 Å². The molecule has 1 aromatic rings. The molecule has 0 spiro atoms. The molecule has 2 rings (SSSR count). The highest BCUT2D eigenvalue weighted by Gasteiger charge is 2.13. The zero-order valence-electron chi connectivity index (χ0n) is 11.2. The Morgan fingerprint density at radius 1 is 1.17 bits per heavy atom. The fourth-order valence-corrected chi connectivity index (χ4v) is 2.98. The highest BCUT2D eigenvalue weighted by atomic mass is 79.9. The van der Waals surface area contributed by atoms with Gasteiger partial charge in [-0.2, -0.15) is 0 Å². The Morgan fingerprint density at radius 3 is 2.56 bits per heavy atom. The summed E-state index contributed by atoms with van der Waals surface area (Å²) in [6.07, 6.45) is 5.43. The van der Waals surface area contributed by atoms with Crippen molar-refractivity contribution in [1.82, 2.24) is 5.32 Å². The third-order valence-corrected chi connectivity index (χ3v) is 4.05. The first-order valence-corrected chi connectivity index (χ1v) is 7.84. The highest BCUT2D eigenvalue weighted by Crippen LogP contribution is 2.26. The molecule has 0 atom stereocenters. The summed E-state index contributed by atoms with van der Waals surface area (Å²) in [6, 6.07) is 6.68. The van der Waals surface area contributed by atoms with E-state index in [0.29, 0.717) is 0 Å². The lowest BCUT2D eigenvalue weighted by Gasteiger charge is -2.26. The zero-order chi connectivity index (χ0) is 12.8. The van der Waals surface area contributed by atoms with E-state index in [0.717, 1.165) is 13.1 Å². The molecule has 1 saturated heterocycles. The van der Waals surface area contributed by atoms with Crippen LogP contribution in [0.15, 0.2) is 22.7 Å². The molecule has 0 bridgehead atoms. The summed E-state index contributed by atoms with van der Waals surface area (Å²) < 4.78 is 1.17. The van der Waals surface area contributed by atoms with Crippen LogP contribution >= 0.6 is 15.9 Å². The smallest absolute Gasteiger partial charge is 0.0412 e. The number of hydrogen-bond acceptors (Lipinski definition) is 2. The summed E-state index contributed by atoms with van der Waals surface area (Å²) in [5.74, 6) is 0. The van der Waals surface area contributed by atoms with Crippen molar-refractivity contribution in [3.05, 3.63) is 28.2 Å². The van der Waals surface area contributed by atoms with Crippen LogP contribution in [0.3, 0.4) is 0 Å². The predicted octanol–water partition coefficient (Wildman–Crippen LogP) is 3.94. The van der Waals surface area contributed by atoms with Gasteiger partial charge in [0.25, 0.3) is 0 Å². The largest absolute Gasteiger partial charge is 0.371 e. The van der Waals surface area contributed by atoms with Crippen LogP contribution in [0.25, 0.3) is 0 Å². The van der Waals surface area contributed by atoms with Crippen molar-refractivity contribution >= 4 is 21.6 Å². The number of benzene rings is 1. The number of nitrogens with zero attached hydrogens (tertiary/aromatic N) is 1. The van der Waals surface area contributed by atoms with Gasteiger partial charge in [-0.3, -0.25) is 0 Å². The summed E-state index contributed by atoms with van der Waals surface area (Å²) in [4.78, 5) is 2.56. The predicted molar refractivity (Wildman–Crippen MR) is 82.2 cm³/mol. The van der Waals surface area contributed by atoms with Gasteiger partial charge in [0.2, 0.25) is 0 Å². The van der Waals surface area contributed by atoms with Crippen molar-refractivity contribution in [2.75, 3.05) is 24.5 Å². The number of anilines is 1. The maximum atomic E-state index is 3.58. The highest BCUT2D eigenvalue weighted by molar-refractivity contribution is 9.10. The molecule has 1 fully saturated rings. The second-order valence-electron chi connectivity index (χ2n) is 4.95. The average molecular weight is 311 g/mol. The molecule has 1 heterocycles. The summed E-state index contributed by atoms with van der Waals surface area (Å²) in [5, 5.41) is 3.44. The molecular formula is C15H23BrN2. The molecule has 0 amide bonds. The van der Waals surface area contributed by atoms with Gasteiger partial charge in [0.1, 0.15) is 0 Å². The molecule has 1 N–H and O–H groups in total. The Balaban J connectivity index is 2.18. The van der Waals surface area contributed by atoms with Gasteiger partial charge in [0.15, 0.2) is 0 Å².